The molecule has 4 aliphatic carbocycles. The molecule has 6 rings (SSSR count). The van der Waals surface area contributed by atoms with Gasteiger partial charge >= 0.3 is 0 Å². The molecule has 1 unspecified atom stereocenters. The van der Waals surface area contributed by atoms with Crippen LogP contribution in [0.1, 0.15) is 43.7 Å². The van der Waals surface area contributed by atoms with Crippen LogP contribution in [0.25, 0.3) is 16.9 Å². The number of amides is 1. The van der Waals surface area contributed by atoms with E-state index in [1.165, 1.54) is 16.7 Å². The third-order valence-corrected chi connectivity index (χ3v) is 9.69. The second-order valence-corrected chi connectivity index (χ2v) is 12.4. The number of fused-ring (bicyclic) bond motifs is 3. The van der Waals surface area contributed by atoms with Crippen LogP contribution in [0.5, 0.6) is 5.75 Å². The van der Waals surface area contributed by atoms with Crippen LogP contribution in [0.4, 0.5) is 5.69 Å². The van der Waals surface area contributed by atoms with Crippen molar-refractivity contribution in [3.8, 4) is 16.9 Å². The number of primary amides is 1. The first kappa shape index (κ1) is 28.8. The number of phenolic OH excluding ortho intramolecular Hbond substituents is 1. The fourth-order valence-electron chi connectivity index (χ4n) is 7.56. The molecular formula is C33H35N3O7. The van der Waals surface area contributed by atoms with E-state index in [2.05, 4.69) is 6.92 Å². The summed E-state index contributed by atoms with van der Waals surface area (Å²) in [7, 11) is 3.15. The minimum atomic E-state index is -2.66. The standard InChI is InChI=1S/C33H35N3O7/c1-15-5-4-6-22(15)35-18-9-7-16(8-10-18)19-11-12-23(37)25-20(19)13-17-14-21-27(36(2)3)29(39)26(32(34)42)31(41)33(21,43)30(40)24(17)28(25)38/h7-12,15,17,21,27,37-38,41,43H,4-6,13-14H2,1-3H3,(H2,34,42)/t15?,17-,21-,27-,33-/m1/s1. The lowest BCUT2D eigenvalue weighted by atomic mass is 9.57. The molecule has 5 atom stereocenters. The maximum Gasteiger partial charge on any atom is 0.255 e. The fraction of sp³-hybridized carbons (Fsp3) is 0.394. The molecule has 2 saturated carbocycles. The van der Waals surface area contributed by atoms with Crippen molar-refractivity contribution in [2.75, 3.05) is 14.1 Å². The van der Waals surface area contributed by atoms with E-state index in [0.717, 1.165) is 36.1 Å². The van der Waals surface area contributed by atoms with E-state index in [9.17, 15) is 34.8 Å². The summed E-state index contributed by atoms with van der Waals surface area (Å²) in [4.78, 5) is 45.8. The summed E-state index contributed by atoms with van der Waals surface area (Å²) >= 11 is 0. The SMILES string of the molecule is CC1CCCC1=Nc1ccc(-c2ccc(O)c3c2C[C@@H]2C[C@@H]4[C@@H](N(C)C)C(=O)C(C(N)=O)=C(O)[C@]4(O)C(=O)C2=C3O)cc1. The molecule has 0 heterocycles. The van der Waals surface area contributed by atoms with E-state index in [-0.39, 0.29) is 29.7 Å². The molecule has 0 aliphatic heterocycles. The van der Waals surface area contributed by atoms with Crippen molar-refractivity contribution >= 4 is 34.6 Å². The number of phenols is 1. The van der Waals surface area contributed by atoms with Crippen LogP contribution in [0, 0.1) is 17.8 Å². The normalized spacial score (nSPS) is 29.7. The van der Waals surface area contributed by atoms with E-state index in [0.29, 0.717) is 11.5 Å². The molecule has 2 aromatic rings. The number of benzene rings is 2. The number of hydrogen-bond donors (Lipinski definition) is 5. The molecule has 43 heavy (non-hydrogen) atoms. The largest absolute Gasteiger partial charge is 0.508 e. The lowest BCUT2D eigenvalue weighted by Crippen LogP contribution is -2.65. The minimum Gasteiger partial charge on any atom is -0.508 e. The van der Waals surface area contributed by atoms with Gasteiger partial charge in [0.05, 0.1) is 17.3 Å². The Morgan fingerprint density at radius 2 is 1.77 bits per heavy atom. The summed E-state index contributed by atoms with van der Waals surface area (Å²) in [6, 6.07) is 9.80. The number of aliphatic hydroxyl groups excluding tert-OH is 2. The van der Waals surface area contributed by atoms with Crippen molar-refractivity contribution in [2.45, 2.75) is 50.7 Å². The maximum absolute atomic E-state index is 14.0. The molecule has 0 spiro atoms. The van der Waals surface area contributed by atoms with Gasteiger partial charge in [0.15, 0.2) is 11.4 Å². The van der Waals surface area contributed by atoms with Crippen LogP contribution >= 0.6 is 0 Å². The summed E-state index contributed by atoms with van der Waals surface area (Å²) < 4.78 is 0. The molecule has 10 nitrogen and oxygen atoms in total. The van der Waals surface area contributed by atoms with Gasteiger partial charge in [-0.3, -0.25) is 24.3 Å². The lowest BCUT2D eigenvalue weighted by molar-refractivity contribution is -0.153. The van der Waals surface area contributed by atoms with E-state index in [1.54, 1.807) is 20.2 Å². The van der Waals surface area contributed by atoms with Gasteiger partial charge in [-0.05, 0) is 92.9 Å². The Hall–Kier alpha value is -4.28. The third-order valence-electron chi connectivity index (χ3n) is 9.69. The van der Waals surface area contributed by atoms with Crippen molar-refractivity contribution in [1.82, 2.24) is 4.90 Å². The van der Waals surface area contributed by atoms with Crippen LogP contribution in [-0.2, 0) is 20.8 Å². The van der Waals surface area contributed by atoms with E-state index >= 15 is 0 Å². The summed E-state index contributed by atoms with van der Waals surface area (Å²) in [5.74, 6) is -6.21. The summed E-state index contributed by atoms with van der Waals surface area (Å²) in [5.41, 5.74) is 6.04. The van der Waals surface area contributed by atoms with Crippen LogP contribution in [-0.4, -0.2) is 74.2 Å². The second kappa shape index (κ2) is 10.2. The zero-order valence-corrected chi connectivity index (χ0v) is 24.3. The Kier molecular flexibility index (Phi) is 6.82. The van der Waals surface area contributed by atoms with Gasteiger partial charge in [0.2, 0.25) is 5.78 Å². The molecule has 0 saturated heterocycles. The summed E-state index contributed by atoms with van der Waals surface area (Å²) in [6.07, 6.45) is 3.54. The van der Waals surface area contributed by atoms with Gasteiger partial charge in [0, 0.05) is 17.2 Å². The molecule has 0 bridgehead atoms. The number of nitrogens with two attached hydrogens (primary N) is 1. The molecule has 6 N–H and O–H groups in total. The molecular weight excluding hydrogens is 550 g/mol. The highest BCUT2D eigenvalue weighted by Crippen LogP contribution is 2.53. The Labute approximate surface area is 248 Å². The predicted molar refractivity (Wildman–Crippen MR) is 160 cm³/mol. The number of aliphatic imine (C=N–C) groups is 1. The minimum absolute atomic E-state index is 0.0372. The molecule has 2 fully saturated rings. The first-order valence-corrected chi connectivity index (χ1v) is 14.5. The quantitative estimate of drug-likeness (QED) is 0.339. The number of carbonyl (C=O) groups is 3. The number of aromatic hydroxyl groups is 1. The van der Waals surface area contributed by atoms with Gasteiger partial charge in [-0.15, -0.1) is 0 Å². The monoisotopic (exact) mass is 585 g/mol. The van der Waals surface area contributed by atoms with Gasteiger partial charge in [-0.1, -0.05) is 25.1 Å². The van der Waals surface area contributed by atoms with Crippen molar-refractivity contribution < 1.29 is 34.8 Å². The van der Waals surface area contributed by atoms with Gasteiger partial charge in [-0.25, -0.2) is 0 Å². The van der Waals surface area contributed by atoms with Crippen molar-refractivity contribution in [3.05, 3.63) is 64.4 Å². The lowest BCUT2D eigenvalue weighted by Gasteiger charge is -2.50. The number of nitrogens with zero attached hydrogens (tertiary/aromatic N) is 2. The molecule has 10 heteroatoms. The average Bonchev–Trinajstić information content (AvgIpc) is 3.35. The maximum atomic E-state index is 14.0. The Morgan fingerprint density at radius 1 is 1.07 bits per heavy atom. The fourth-order valence-corrected chi connectivity index (χ4v) is 7.56. The first-order chi connectivity index (χ1) is 20.4. The molecule has 224 valence electrons. The first-order valence-electron chi connectivity index (χ1n) is 14.5. The van der Waals surface area contributed by atoms with E-state index in [1.807, 2.05) is 24.3 Å². The van der Waals surface area contributed by atoms with Gasteiger partial charge in [0.1, 0.15) is 22.8 Å². The van der Waals surface area contributed by atoms with Crippen LogP contribution in [0.3, 0.4) is 0 Å². The summed E-state index contributed by atoms with van der Waals surface area (Å²) in [5, 5.41) is 45.1. The highest BCUT2D eigenvalue weighted by Gasteiger charge is 2.64. The number of Topliss-reactive ketones (excluding diaryl/α,β-unsaturated/α-hetero) is 2. The van der Waals surface area contributed by atoms with Crippen molar-refractivity contribution in [3.63, 3.8) is 0 Å². The summed E-state index contributed by atoms with van der Waals surface area (Å²) in [6.45, 7) is 2.19. The second-order valence-electron chi connectivity index (χ2n) is 12.4. The number of likely N-dealkylation sites (N-methyl/N-ethyl adjacent to an activating group) is 1. The number of aliphatic hydroxyl groups is 3. The van der Waals surface area contributed by atoms with Crippen LogP contribution < -0.4 is 5.73 Å². The van der Waals surface area contributed by atoms with Gasteiger partial charge in [0.25, 0.3) is 5.91 Å². The molecule has 0 radical (unpaired) electrons. The zero-order chi connectivity index (χ0) is 31.0. The van der Waals surface area contributed by atoms with Crippen LogP contribution in [0.15, 0.2) is 58.3 Å². The van der Waals surface area contributed by atoms with E-state index < -0.39 is 58.0 Å². The van der Waals surface area contributed by atoms with Gasteiger partial charge in [-0.2, -0.15) is 0 Å². The van der Waals surface area contributed by atoms with Crippen molar-refractivity contribution in [1.29, 1.82) is 0 Å². The van der Waals surface area contributed by atoms with Crippen LogP contribution in [0.2, 0.25) is 0 Å². The topological polar surface area (TPSA) is 174 Å². The Morgan fingerprint density at radius 3 is 2.37 bits per heavy atom. The average molecular weight is 586 g/mol. The van der Waals surface area contributed by atoms with Crippen molar-refractivity contribution in [2.24, 2.45) is 28.5 Å². The predicted octanol–water partition coefficient (Wildman–Crippen LogP) is 3.52. The highest BCUT2D eigenvalue weighted by atomic mass is 16.3. The molecule has 0 aromatic heterocycles. The number of ketones is 2. The number of hydrogen-bond acceptors (Lipinski definition) is 9. The van der Waals surface area contributed by atoms with Gasteiger partial charge < -0.3 is 26.2 Å². The Bertz CT molecular complexity index is 1670. The smallest absolute Gasteiger partial charge is 0.255 e. The molecule has 2 aromatic carbocycles. The third kappa shape index (κ3) is 4.23. The zero-order valence-electron chi connectivity index (χ0n) is 24.3. The van der Waals surface area contributed by atoms with E-state index in [4.69, 9.17) is 10.7 Å². The number of carbonyl (C=O) groups excluding carboxylic acids is 3. The molecule has 1 amide bonds. The number of rotatable bonds is 4. The molecule has 4 aliphatic rings. The highest BCUT2D eigenvalue weighted by molar-refractivity contribution is 6.24. The Balaban J connectivity index is 1.46.